The Balaban J connectivity index is 0.00000280. The van der Waals surface area contributed by atoms with Crippen molar-refractivity contribution in [2.24, 2.45) is 7.05 Å². The molecule has 0 aliphatic carbocycles. The van der Waals surface area contributed by atoms with Crippen molar-refractivity contribution in [1.29, 1.82) is 0 Å². The van der Waals surface area contributed by atoms with Gasteiger partial charge in [0.2, 0.25) is 11.4 Å². The average Bonchev–Trinajstić information content (AvgIpc) is 2.77. The van der Waals surface area contributed by atoms with Gasteiger partial charge in [-0.2, -0.15) is 0 Å². The molecule has 0 fully saturated rings. The van der Waals surface area contributed by atoms with Gasteiger partial charge in [-0.1, -0.05) is 0 Å². The van der Waals surface area contributed by atoms with Crippen molar-refractivity contribution >= 4 is 11.7 Å². The van der Waals surface area contributed by atoms with Crippen molar-refractivity contribution in [3.8, 4) is 5.75 Å². The molecule has 1 aliphatic heterocycles. The maximum atomic E-state index is 12.6. The second-order valence-corrected chi connectivity index (χ2v) is 6.83. The maximum absolute atomic E-state index is 12.6. The number of esters is 1. The number of hydrogen-bond acceptors (Lipinski definition) is 6. The fraction of sp³-hybridized carbons (Fsp3) is 0.368. The number of carbonyl (C=O) groups excluding carboxylic acids is 1. The van der Waals surface area contributed by atoms with E-state index in [1.54, 1.807) is 0 Å². The van der Waals surface area contributed by atoms with E-state index in [1.165, 1.54) is 24.3 Å². The first-order chi connectivity index (χ1) is 12.7. The molecule has 9 heteroatoms. The lowest BCUT2D eigenvalue weighted by atomic mass is 10.1. The molecule has 0 N–H and O–H groups in total. The van der Waals surface area contributed by atoms with Gasteiger partial charge >= 0.3 is 5.97 Å². The van der Waals surface area contributed by atoms with E-state index in [0.29, 0.717) is 12.4 Å². The molecule has 0 spiro atoms. The molecule has 0 saturated heterocycles. The first-order valence-corrected chi connectivity index (χ1v) is 8.43. The number of aromatic nitrogens is 1. The second-order valence-electron chi connectivity index (χ2n) is 6.83. The molecule has 0 unspecified atom stereocenters. The summed E-state index contributed by atoms with van der Waals surface area (Å²) in [6.07, 6.45) is 1.93. The SMILES string of the molecule is Cc1c(OC(=O)c2ccc([N+](=O)[O-])cc2)c2c(c[n+]1C)COC(C)(C)OC2.[I-]. The second kappa shape index (κ2) is 8.50. The van der Waals surface area contributed by atoms with E-state index in [1.807, 2.05) is 38.6 Å². The van der Waals surface area contributed by atoms with Gasteiger partial charge in [0.1, 0.15) is 7.05 Å². The van der Waals surface area contributed by atoms with Crippen LogP contribution in [0.3, 0.4) is 0 Å². The highest BCUT2D eigenvalue weighted by molar-refractivity contribution is 5.91. The van der Waals surface area contributed by atoms with Crippen LogP contribution in [0.4, 0.5) is 5.69 Å². The number of nitrogens with zero attached hydrogens (tertiary/aromatic N) is 2. The Hall–Kier alpha value is -2.11. The number of non-ortho nitro benzene ring substituents is 1. The molecule has 3 rings (SSSR count). The molecule has 0 saturated carbocycles. The van der Waals surface area contributed by atoms with Crippen molar-refractivity contribution < 1.29 is 52.5 Å². The highest BCUT2D eigenvalue weighted by atomic mass is 127. The Morgan fingerprint density at radius 3 is 2.43 bits per heavy atom. The summed E-state index contributed by atoms with van der Waals surface area (Å²) in [7, 11) is 1.86. The van der Waals surface area contributed by atoms with Gasteiger partial charge in [-0.3, -0.25) is 10.1 Å². The van der Waals surface area contributed by atoms with E-state index < -0.39 is 16.7 Å². The average molecular weight is 500 g/mol. The highest BCUT2D eigenvalue weighted by Crippen LogP contribution is 2.32. The van der Waals surface area contributed by atoms with Crippen LogP contribution in [-0.4, -0.2) is 16.7 Å². The number of hydrogen-bond donors (Lipinski definition) is 0. The van der Waals surface area contributed by atoms with Crippen molar-refractivity contribution in [2.45, 2.75) is 39.8 Å². The minimum atomic E-state index is -0.745. The van der Waals surface area contributed by atoms with Crippen molar-refractivity contribution in [3.63, 3.8) is 0 Å². The number of nitro benzene ring substituents is 1. The number of benzene rings is 1. The number of rotatable bonds is 3. The number of nitro groups is 1. The first-order valence-electron chi connectivity index (χ1n) is 8.43. The van der Waals surface area contributed by atoms with E-state index in [-0.39, 0.29) is 41.8 Å². The summed E-state index contributed by atoms with van der Waals surface area (Å²) in [5.74, 6) is -0.920. The fourth-order valence-corrected chi connectivity index (χ4v) is 2.76. The van der Waals surface area contributed by atoms with Gasteiger partial charge in [-0.05, 0) is 26.0 Å². The molecule has 0 amide bonds. The summed E-state index contributed by atoms with van der Waals surface area (Å²) in [4.78, 5) is 22.8. The molecule has 8 nitrogen and oxygen atoms in total. The molecule has 2 aromatic rings. The van der Waals surface area contributed by atoms with Crippen LogP contribution < -0.4 is 33.3 Å². The number of aryl methyl sites for hydroxylation is 1. The minimum Gasteiger partial charge on any atom is -1.00 e. The third-order valence-corrected chi connectivity index (χ3v) is 4.52. The molecular formula is C19H21IN2O6. The normalized spacial score (nSPS) is 15.0. The van der Waals surface area contributed by atoms with Crippen molar-refractivity contribution in [3.05, 3.63) is 63.0 Å². The smallest absolute Gasteiger partial charge is 0.343 e. The molecule has 1 aromatic carbocycles. The third kappa shape index (κ3) is 4.65. The van der Waals surface area contributed by atoms with Gasteiger partial charge in [-0.15, -0.1) is 0 Å². The van der Waals surface area contributed by atoms with Crippen LogP contribution >= 0.6 is 0 Å². The number of ether oxygens (including phenoxy) is 3. The zero-order chi connectivity index (χ0) is 19.8. The van der Waals surface area contributed by atoms with Gasteiger partial charge in [0.25, 0.3) is 5.69 Å². The summed E-state index contributed by atoms with van der Waals surface area (Å²) in [5, 5.41) is 10.8. The van der Waals surface area contributed by atoms with E-state index >= 15 is 0 Å². The molecule has 2 heterocycles. The van der Waals surface area contributed by atoms with Gasteiger partial charge < -0.3 is 38.2 Å². The Bertz CT molecular complexity index is 912. The van der Waals surface area contributed by atoms with Crippen LogP contribution in [0.25, 0.3) is 0 Å². The summed E-state index contributed by atoms with van der Waals surface area (Å²) < 4.78 is 19.1. The molecule has 28 heavy (non-hydrogen) atoms. The fourth-order valence-electron chi connectivity index (χ4n) is 2.76. The standard InChI is InChI=1S/C19H21N2O6.HI/c1-12-17(27-18(22)13-5-7-15(8-6-13)21(23)24)16-11-26-19(2,3)25-10-14(16)9-20(12)4;/h5-9H,10-11H2,1-4H3;1H/q+1;/p-1. The third-order valence-electron chi connectivity index (χ3n) is 4.52. The lowest BCUT2D eigenvalue weighted by Gasteiger charge is -2.22. The Morgan fingerprint density at radius 1 is 1.21 bits per heavy atom. The largest absolute Gasteiger partial charge is 1.00 e. The summed E-state index contributed by atoms with van der Waals surface area (Å²) in [6, 6.07) is 5.29. The number of halogens is 1. The van der Waals surface area contributed by atoms with Gasteiger partial charge in [0, 0.05) is 24.6 Å². The number of carbonyl (C=O) groups is 1. The Morgan fingerprint density at radius 2 is 1.82 bits per heavy atom. The van der Waals surface area contributed by atoms with E-state index in [4.69, 9.17) is 14.2 Å². The monoisotopic (exact) mass is 500 g/mol. The predicted molar refractivity (Wildman–Crippen MR) is 94.1 cm³/mol. The molecule has 0 bridgehead atoms. The van der Waals surface area contributed by atoms with E-state index in [0.717, 1.165) is 16.8 Å². The van der Waals surface area contributed by atoms with Crippen molar-refractivity contribution in [2.75, 3.05) is 0 Å². The molecule has 0 atom stereocenters. The van der Waals surface area contributed by atoms with Gasteiger partial charge in [0.05, 0.1) is 29.3 Å². The lowest BCUT2D eigenvalue weighted by molar-refractivity contribution is -0.678. The molecule has 150 valence electrons. The van der Waals surface area contributed by atoms with Gasteiger partial charge in [0.15, 0.2) is 12.0 Å². The van der Waals surface area contributed by atoms with Crippen LogP contribution in [0.1, 0.15) is 41.0 Å². The zero-order valence-corrected chi connectivity index (χ0v) is 18.2. The van der Waals surface area contributed by atoms with Crippen molar-refractivity contribution in [1.82, 2.24) is 0 Å². The van der Waals surface area contributed by atoms with Crippen LogP contribution in [0, 0.1) is 17.0 Å². The van der Waals surface area contributed by atoms with E-state index in [9.17, 15) is 14.9 Å². The highest BCUT2D eigenvalue weighted by Gasteiger charge is 2.30. The molecular weight excluding hydrogens is 479 g/mol. The number of pyridine rings is 1. The zero-order valence-electron chi connectivity index (χ0n) is 16.0. The van der Waals surface area contributed by atoms with E-state index in [2.05, 4.69) is 0 Å². The topological polar surface area (TPSA) is 91.8 Å². The lowest BCUT2D eigenvalue weighted by Crippen LogP contribution is -3.00. The molecule has 1 aliphatic rings. The summed E-state index contributed by atoms with van der Waals surface area (Å²) in [5.41, 5.74) is 2.53. The molecule has 1 aromatic heterocycles. The van der Waals surface area contributed by atoms with Crippen LogP contribution in [0.5, 0.6) is 5.75 Å². The number of fused-ring (bicyclic) bond motifs is 1. The molecule has 0 radical (unpaired) electrons. The Labute approximate surface area is 179 Å². The maximum Gasteiger partial charge on any atom is 0.343 e. The van der Waals surface area contributed by atoms with Crippen LogP contribution in [0.15, 0.2) is 30.5 Å². The first kappa shape index (κ1) is 22.2. The van der Waals surface area contributed by atoms with Crippen LogP contribution in [0.2, 0.25) is 0 Å². The predicted octanol–water partition coefficient (Wildman–Crippen LogP) is -0.266. The quantitative estimate of drug-likeness (QED) is 0.190. The van der Waals surface area contributed by atoms with Gasteiger partial charge in [-0.25, -0.2) is 9.36 Å². The summed E-state index contributed by atoms with van der Waals surface area (Å²) >= 11 is 0. The Kier molecular flexibility index (Phi) is 6.73. The minimum absolute atomic E-state index is 0. The summed E-state index contributed by atoms with van der Waals surface area (Å²) in [6.45, 7) is 6.07. The van der Waals surface area contributed by atoms with Crippen LogP contribution in [-0.2, 0) is 29.7 Å².